The number of rotatable bonds is 5. The molecule has 1 fully saturated rings. The van der Waals surface area contributed by atoms with Gasteiger partial charge in [-0.15, -0.1) is 0 Å². The number of hydrogen-bond acceptors (Lipinski definition) is 6. The van der Waals surface area contributed by atoms with E-state index in [4.69, 9.17) is 16.6 Å². The maximum atomic E-state index is 13.6. The monoisotopic (exact) mass is 465 g/mol. The van der Waals surface area contributed by atoms with Gasteiger partial charge in [0.25, 0.3) is 0 Å². The summed E-state index contributed by atoms with van der Waals surface area (Å²) >= 11 is 6.41. The van der Waals surface area contributed by atoms with E-state index in [9.17, 15) is 9.18 Å². The van der Waals surface area contributed by atoms with E-state index in [1.807, 2.05) is 6.07 Å². The molecule has 33 heavy (non-hydrogen) atoms. The molecular weight excluding hydrogens is 445 g/mol. The van der Waals surface area contributed by atoms with Gasteiger partial charge < -0.3 is 15.2 Å². The summed E-state index contributed by atoms with van der Waals surface area (Å²) < 4.78 is 15.4. The van der Waals surface area contributed by atoms with Crippen molar-refractivity contribution in [2.24, 2.45) is 5.92 Å². The van der Waals surface area contributed by atoms with E-state index in [0.29, 0.717) is 46.5 Å². The Hall–Kier alpha value is -3.43. The molecule has 3 aromatic heterocycles. The van der Waals surface area contributed by atoms with Crippen molar-refractivity contribution in [3.05, 3.63) is 65.5 Å². The average Bonchev–Trinajstić information content (AvgIpc) is 3.23. The van der Waals surface area contributed by atoms with Crippen LogP contribution in [0.25, 0.3) is 22.6 Å². The molecule has 0 saturated carbocycles. The highest BCUT2D eigenvalue weighted by molar-refractivity contribution is 6.33. The number of carbonyl (C=O) groups excluding carboxylic acids is 1. The molecule has 0 aliphatic carbocycles. The number of halogens is 2. The van der Waals surface area contributed by atoms with Crippen LogP contribution in [0.15, 0.2) is 49.1 Å². The number of nitrogens with one attached hydrogen (secondary N) is 2. The SMILES string of the molecule is O=C(Nc1cc(-c2cnc3ncn(Cc4cccc(F)c4)c3n2)c(Cl)cn1)[C@@H]1CCCNC1. The Balaban J connectivity index is 1.43. The lowest BCUT2D eigenvalue weighted by Crippen LogP contribution is -2.37. The molecule has 4 aromatic rings. The van der Waals surface area contributed by atoms with Crippen molar-refractivity contribution in [3.8, 4) is 11.3 Å². The first-order valence-electron chi connectivity index (χ1n) is 10.7. The third-order valence-corrected chi connectivity index (χ3v) is 5.92. The van der Waals surface area contributed by atoms with Crippen molar-refractivity contribution < 1.29 is 9.18 Å². The lowest BCUT2D eigenvalue weighted by molar-refractivity contribution is -0.120. The van der Waals surface area contributed by atoms with E-state index < -0.39 is 0 Å². The summed E-state index contributed by atoms with van der Waals surface area (Å²) in [6.45, 7) is 1.99. The second kappa shape index (κ2) is 9.21. The first-order chi connectivity index (χ1) is 16.1. The number of amides is 1. The van der Waals surface area contributed by atoms with E-state index in [0.717, 1.165) is 24.9 Å². The van der Waals surface area contributed by atoms with E-state index in [2.05, 4.69) is 25.6 Å². The predicted molar refractivity (Wildman–Crippen MR) is 123 cm³/mol. The van der Waals surface area contributed by atoms with Crippen molar-refractivity contribution in [1.29, 1.82) is 0 Å². The van der Waals surface area contributed by atoms with Gasteiger partial charge >= 0.3 is 0 Å². The summed E-state index contributed by atoms with van der Waals surface area (Å²) in [7, 11) is 0. The molecule has 1 amide bonds. The minimum atomic E-state index is -0.300. The second-order valence-corrected chi connectivity index (χ2v) is 8.39. The normalized spacial score (nSPS) is 16.1. The summed E-state index contributed by atoms with van der Waals surface area (Å²) in [5.74, 6) is -0.0587. The maximum Gasteiger partial charge on any atom is 0.229 e. The highest BCUT2D eigenvalue weighted by Gasteiger charge is 2.22. The summed E-state index contributed by atoms with van der Waals surface area (Å²) in [5.41, 5.74) is 2.91. The van der Waals surface area contributed by atoms with Crippen LogP contribution in [0.2, 0.25) is 5.02 Å². The van der Waals surface area contributed by atoms with Gasteiger partial charge in [0.05, 0.1) is 35.7 Å². The van der Waals surface area contributed by atoms with Crippen molar-refractivity contribution >= 4 is 34.6 Å². The molecule has 0 radical (unpaired) electrons. The van der Waals surface area contributed by atoms with E-state index in [-0.39, 0.29) is 17.6 Å². The van der Waals surface area contributed by atoms with Crippen molar-refractivity contribution in [2.75, 3.05) is 18.4 Å². The number of anilines is 1. The highest BCUT2D eigenvalue weighted by atomic mass is 35.5. The van der Waals surface area contributed by atoms with E-state index >= 15 is 0 Å². The van der Waals surface area contributed by atoms with Gasteiger partial charge in [-0.3, -0.25) is 4.79 Å². The largest absolute Gasteiger partial charge is 0.316 e. The minimum absolute atomic E-state index is 0.0716. The third-order valence-electron chi connectivity index (χ3n) is 5.62. The summed E-state index contributed by atoms with van der Waals surface area (Å²) in [4.78, 5) is 30.2. The molecule has 5 rings (SSSR count). The fraction of sp³-hybridized carbons (Fsp3) is 0.261. The number of nitrogens with zero attached hydrogens (tertiary/aromatic N) is 5. The zero-order chi connectivity index (χ0) is 22.8. The van der Waals surface area contributed by atoms with Crippen molar-refractivity contribution in [3.63, 3.8) is 0 Å². The Morgan fingerprint density at radius 2 is 2.15 bits per heavy atom. The summed E-state index contributed by atoms with van der Waals surface area (Å²) in [6, 6.07) is 8.07. The van der Waals surface area contributed by atoms with Crippen LogP contribution in [0.1, 0.15) is 18.4 Å². The van der Waals surface area contributed by atoms with Crippen LogP contribution in [-0.2, 0) is 11.3 Å². The van der Waals surface area contributed by atoms with Gasteiger partial charge in [-0.2, -0.15) is 0 Å². The number of carbonyl (C=O) groups is 1. The number of aromatic nitrogens is 5. The van der Waals surface area contributed by atoms with Gasteiger partial charge in [0.1, 0.15) is 11.6 Å². The Morgan fingerprint density at radius 3 is 2.97 bits per heavy atom. The predicted octanol–water partition coefficient (Wildman–Crippen LogP) is 3.67. The number of fused-ring (bicyclic) bond motifs is 1. The lowest BCUT2D eigenvalue weighted by Gasteiger charge is -2.21. The summed E-state index contributed by atoms with van der Waals surface area (Å²) in [6.07, 6.45) is 6.51. The molecule has 4 heterocycles. The molecule has 0 spiro atoms. The zero-order valence-corrected chi connectivity index (χ0v) is 18.4. The van der Waals surface area contributed by atoms with E-state index in [1.165, 1.54) is 18.3 Å². The molecule has 2 N–H and O–H groups in total. The van der Waals surface area contributed by atoms with Gasteiger partial charge in [0, 0.05) is 18.3 Å². The van der Waals surface area contributed by atoms with Crippen LogP contribution < -0.4 is 10.6 Å². The van der Waals surface area contributed by atoms with Gasteiger partial charge in [-0.05, 0) is 43.1 Å². The minimum Gasteiger partial charge on any atom is -0.316 e. The quantitative estimate of drug-likeness (QED) is 0.466. The Morgan fingerprint density at radius 1 is 1.24 bits per heavy atom. The molecule has 168 valence electrons. The van der Waals surface area contributed by atoms with E-state index in [1.54, 1.807) is 29.2 Å². The van der Waals surface area contributed by atoms with Crippen LogP contribution in [-0.4, -0.2) is 43.5 Å². The number of hydrogen-bond donors (Lipinski definition) is 2. The Kier molecular flexibility index (Phi) is 5.97. The van der Waals surface area contributed by atoms with Gasteiger partial charge in [-0.1, -0.05) is 23.7 Å². The molecule has 1 atom stereocenters. The summed E-state index contributed by atoms with van der Waals surface area (Å²) in [5, 5.41) is 6.51. The molecule has 1 saturated heterocycles. The average molecular weight is 466 g/mol. The smallest absolute Gasteiger partial charge is 0.229 e. The molecule has 1 aromatic carbocycles. The first kappa shape index (κ1) is 21.4. The van der Waals surface area contributed by atoms with Crippen LogP contribution in [0.4, 0.5) is 10.2 Å². The van der Waals surface area contributed by atoms with Crippen LogP contribution >= 0.6 is 11.6 Å². The lowest BCUT2D eigenvalue weighted by atomic mass is 9.99. The molecule has 0 unspecified atom stereocenters. The van der Waals surface area contributed by atoms with Crippen LogP contribution in [0.3, 0.4) is 0 Å². The van der Waals surface area contributed by atoms with Crippen LogP contribution in [0, 0.1) is 11.7 Å². The van der Waals surface area contributed by atoms with Crippen molar-refractivity contribution in [2.45, 2.75) is 19.4 Å². The molecule has 1 aliphatic rings. The second-order valence-electron chi connectivity index (χ2n) is 7.99. The highest BCUT2D eigenvalue weighted by Crippen LogP contribution is 2.29. The topological polar surface area (TPSA) is 97.6 Å². The number of benzene rings is 1. The number of imidazole rings is 1. The molecule has 8 nitrogen and oxygen atoms in total. The zero-order valence-electron chi connectivity index (χ0n) is 17.6. The molecule has 10 heteroatoms. The Bertz CT molecular complexity index is 1320. The van der Waals surface area contributed by atoms with Crippen molar-refractivity contribution in [1.82, 2.24) is 29.8 Å². The van der Waals surface area contributed by atoms with Gasteiger partial charge in [0.15, 0.2) is 11.3 Å². The maximum absolute atomic E-state index is 13.6. The standard InChI is InChI=1S/C23H21ClFN7O/c24-18-10-27-20(31-23(33)15-4-2-6-26-9-15)8-17(18)19-11-28-21-22(30-19)32(13-29-21)12-14-3-1-5-16(25)7-14/h1,3,5,7-8,10-11,13,15,26H,2,4,6,9,12H2,(H,27,31,33)/t15-/m1/s1. The molecular formula is C23H21ClFN7O. The van der Waals surface area contributed by atoms with Crippen LogP contribution in [0.5, 0.6) is 0 Å². The fourth-order valence-electron chi connectivity index (χ4n) is 3.92. The van der Waals surface area contributed by atoms with Gasteiger partial charge in [-0.25, -0.2) is 24.3 Å². The molecule has 0 bridgehead atoms. The number of pyridine rings is 1. The number of piperidine rings is 1. The fourth-order valence-corrected chi connectivity index (χ4v) is 4.12. The first-order valence-corrected chi connectivity index (χ1v) is 11.0. The third kappa shape index (κ3) is 4.69. The molecule has 1 aliphatic heterocycles. The van der Waals surface area contributed by atoms with Gasteiger partial charge in [0.2, 0.25) is 5.91 Å². The Labute approximate surface area is 194 Å².